The molecule has 6 nitrogen and oxygen atoms in total. The zero-order valence-corrected chi connectivity index (χ0v) is 12.8. The molecule has 0 aromatic heterocycles. The minimum atomic E-state index is -0.880. The molecule has 122 valence electrons. The van der Waals surface area contributed by atoms with Crippen LogP contribution in [0.5, 0.6) is 0 Å². The van der Waals surface area contributed by atoms with Crippen molar-refractivity contribution in [3.8, 4) is 0 Å². The molecule has 0 aliphatic heterocycles. The summed E-state index contributed by atoms with van der Waals surface area (Å²) in [5.74, 6) is -0.880. The monoisotopic (exact) mass is 308 g/mol. The van der Waals surface area contributed by atoms with Crippen molar-refractivity contribution < 1.29 is 19.8 Å². The van der Waals surface area contributed by atoms with Crippen molar-refractivity contribution in [2.75, 3.05) is 6.54 Å². The molecule has 1 rings (SSSR count). The Kier molecular flexibility index (Phi) is 7.99. The van der Waals surface area contributed by atoms with Gasteiger partial charge in [0.05, 0.1) is 6.10 Å². The van der Waals surface area contributed by atoms with E-state index in [9.17, 15) is 9.59 Å². The molecule has 2 atom stereocenters. The Labute approximate surface area is 130 Å². The summed E-state index contributed by atoms with van der Waals surface area (Å²) in [6.45, 7) is 2.03. The lowest BCUT2D eigenvalue weighted by Crippen LogP contribution is -2.44. The Morgan fingerprint density at radius 1 is 1.18 bits per heavy atom. The molecule has 2 unspecified atom stereocenters. The van der Waals surface area contributed by atoms with Crippen molar-refractivity contribution in [1.82, 2.24) is 10.6 Å². The summed E-state index contributed by atoms with van der Waals surface area (Å²) in [4.78, 5) is 22.6. The number of carboxylic acid groups (broad SMARTS) is 1. The van der Waals surface area contributed by atoms with Gasteiger partial charge in [0.15, 0.2) is 0 Å². The number of carbonyl (C=O) groups excluding carboxylic acids is 1. The van der Waals surface area contributed by atoms with Crippen LogP contribution in [0.2, 0.25) is 0 Å². The van der Waals surface area contributed by atoms with Gasteiger partial charge in [-0.15, -0.1) is 0 Å². The van der Waals surface area contributed by atoms with Gasteiger partial charge in [0.1, 0.15) is 0 Å². The molecule has 1 aromatic carbocycles. The molecular weight excluding hydrogens is 284 g/mol. The lowest BCUT2D eigenvalue weighted by molar-refractivity contribution is -0.137. The molecule has 0 saturated heterocycles. The number of aliphatic hydroxyl groups is 1. The highest BCUT2D eigenvalue weighted by molar-refractivity contribution is 5.74. The van der Waals surface area contributed by atoms with Crippen LogP contribution >= 0.6 is 0 Å². The predicted molar refractivity (Wildman–Crippen MR) is 83.6 cm³/mol. The fraction of sp³-hybridized carbons (Fsp3) is 0.500. The highest BCUT2D eigenvalue weighted by Gasteiger charge is 2.14. The summed E-state index contributed by atoms with van der Waals surface area (Å²) < 4.78 is 0. The van der Waals surface area contributed by atoms with E-state index in [1.165, 1.54) is 0 Å². The lowest BCUT2D eigenvalue weighted by atomic mass is 10.0. The number of carboxylic acids is 1. The van der Waals surface area contributed by atoms with Crippen LogP contribution in [0.15, 0.2) is 30.3 Å². The molecule has 2 amide bonds. The number of urea groups is 1. The Morgan fingerprint density at radius 2 is 1.86 bits per heavy atom. The molecule has 0 aliphatic rings. The molecule has 0 fully saturated rings. The third-order valence-corrected chi connectivity index (χ3v) is 3.21. The first kappa shape index (κ1) is 18.0. The quantitative estimate of drug-likeness (QED) is 0.556. The van der Waals surface area contributed by atoms with Crippen molar-refractivity contribution in [3.05, 3.63) is 35.9 Å². The van der Waals surface area contributed by atoms with Crippen LogP contribution in [0.3, 0.4) is 0 Å². The third kappa shape index (κ3) is 8.26. The van der Waals surface area contributed by atoms with E-state index >= 15 is 0 Å². The number of hydrogen-bond donors (Lipinski definition) is 4. The van der Waals surface area contributed by atoms with Gasteiger partial charge in [-0.2, -0.15) is 0 Å². The van der Waals surface area contributed by atoms with E-state index < -0.39 is 12.1 Å². The largest absolute Gasteiger partial charge is 0.481 e. The first-order valence-corrected chi connectivity index (χ1v) is 7.45. The Morgan fingerprint density at radius 3 is 2.45 bits per heavy atom. The van der Waals surface area contributed by atoms with Crippen LogP contribution in [-0.2, 0) is 11.2 Å². The highest BCUT2D eigenvalue weighted by atomic mass is 16.4. The Bertz CT molecular complexity index is 462. The molecule has 1 aromatic rings. The van der Waals surface area contributed by atoms with E-state index in [2.05, 4.69) is 10.6 Å². The van der Waals surface area contributed by atoms with Crippen molar-refractivity contribution >= 4 is 12.0 Å². The van der Waals surface area contributed by atoms with Crippen LogP contribution in [0.25, 0.3) is 0 Å². The number of amides is 2. The van der Waals surface area contributed by atoms with Gasteiger partial charge in [-0.05, 0) is 31.7 Å². The van der Waals surface area contributed by atoms with Gasteiger partial charge in [0, 0.05) is 19.0 Å². The lowest BCUT2D eigenvalue weighted by Gasteiger charge is -2.19. The second kappa shape index (κ2) is 9.78. The fourth-order valence-corrected chi connectivity index (χ4v) is 2.05. The number of aliphatic carboxylic acids is 1. The molecule has 6 heteroatoms. The first-order valence-electron chi connectivity index (χ1n) is 7.45. The normalized spacial score (nSPS) is 13.2. The summed E-state index contributed by atoms with van der Waals surface area (Å²) in [5.41, 5.74) is 1.04. The number of carbonyl (C=O) groups is 2. The zero-order chi connectivity index (χ0) is 16.4. The van der Waals surface area contributed by atoms with Gasteiger partial charge in [-0.1, -0.05) is 30.3 Å². The summed E-state index contributed by atoms with van der Waals surface area (Å²) in [7, 11) is 0. The van der Waals surface area contributed by atoms with Crippen molar-refractivity contribution in [3.63, 3.8) is 0 Å². The summed E-state index contributed by atoms with van der Waals surface area (Å²) >= 11 is 0. The van der Waals surface area contributed by atoms with Crippen LogP contribution < -0.4 is 10.6 Å². The maximum atomic E-state index is 11.8. The molecule has 0 heterocycles. The number of aliphatic hydroxyl groups excluding tert-OH is 1. The average Bonchev–Trinajstić information content (AvgIpc) is 2.45. The summed E-state index contributed by atoms with van der Waals surface area (Å²) in [5, 5.41) is 23.4. The number of benzene rings is 1. The number of nitrogens with one attached hydrogen (secondary N) is 2. The fourth-order valence-electron chi connectivity index (χ4n) is 2.05. The summed E-state index contributed by atoms with van der Waals surface area (Å²) in [6.07, 6.45) is 0.969. The molecule has 4 N–H and O–H groups in total. The van der Waals surface area contributed by atoms with Crippen LogP contribution in [0.4, 0.5) is 4.79 Å². The summed E-state index contributed by atoms with van der Waals surface area (Å²) in [6, 6.07) is 9.03. The van der Waals surface area contributed by atoms with E-state index in [4.69, 9.17) is 10.2 Å². The van der Waals surface area contributed by atoms with E-state index in [1.807, 2.05) is 30.3 Å². The maximum absolute atomic E-state index is 11.8. The van der Waals surface area contributed by atoms with Crippen LogP contribution in [0.1, 0.15) is 31.7 Å². The molecule has 0 radical (unpaired) electrons. The molecular formula is C16H24N2O4. The number of hydrogen-bond acceptors (Lipinski definition) is 3. The molecule has 0 spiro atoms. The number of rotatable bonds is 9. The smallest absolute Gasteiger partial charge is 0.315 e. The second-order valence-electron chi connectivity index (χ2n) is 5.36. The molecule has 0 saturated carbocycles. The standard InChI is InChI=1S/C16H24N2O4/c1-12(19)9-10-17-16(22)18-14(7-8-15(20)21)11-13-5-3-2-4-6-13/h2-6,12,14,19H,7-11H2,1H3,(H,20,21)(H2,17,18,22). The van der Waals surface area contributed by atoms with E-state index in [0.29, 0.717) is 25.8 Å². The van der Waals surface area contributed by atoms with Crippen molar-refractivity contribution in [2.45, 2.75) is 44.8 Å². The van der Waals surface area contributed by atoms with Gasteiger partial charge in [-0.25, -0.2) is 4.79 Å². The van der Waals surface area contributed by atoms with E-state index in [-0.39, 0.29) is 18.5 Å². The van der Waals surface area contributed by atoms with Gasteiger partial charge in [0.25, 0.3) is 0 Å². The molecule has 0 bridgehead atoms. The molecule has 0 aliphatic carbocycles. The van der Waals surface area contributed by atoms with Gasteiger partial charge < -0.3 is 20.8 Å². The predicted octanol–water partition coefficient (Wildman–Crippen LogP) is 1.53. The maximum Gasteiger partial charge on any atom is 0.315 e. The topological polar surface area (TPSA) is 98.7 Å². The first-order chi connectivity index (χ1) is 10.5. The van der Waals surface area contributed by atoms with Gasteiger partial charge in [-0.3, -0.25) is 4.79 Å². The van der Waals surface area contributed by atoms with Crippen molar-refractivity contribution in [1.29, 1.82) is 0 Å². The van der Waals surface area contributed by atoms with Crippen LogP contribution in [-0.4, -0.2) is 40.9 Å². The SMILES string of the molecule is CC(O)CCNC(=O)NC(CCC(=O)O)Cc1ccccc1. The second-order valence-corrected chi connectivity index (χ2v) is 5.36. The van der Waals surface area contributed by atoms with Crippen molar-refractivity contribution in [2.24, 2.45) is 0 Å². The Balaban J connectivity index is 2.50. The van der Waals surface area contributed by atoms with Gasteiger partial charge in [0.2, 0.25) is 0 Å². The average molecular weight is 308 g/mol. The van der Waals surface area contributed by atoms with Gasteiger partial charge >= 0.3 is 12.0 Å². The van der Waals surface area contributed by atoms with E-state index in [0.717, 1.165) is 5.56 Å². The minimum absolute atomic E-state index is 0.00541. The molecule has 22 heavy (non-hydrogen) atoms. The Hall–Kier alpha value is -2.08. The van der Waals surface area contributed by atoms with E-state index in [1.54, 1.807) is 6.92 Å². The minimum Gasteiger partial charge on any atom is -0.481 e. The third-order valence-electron chi connectivity index (χ3n) is 3.21. The van der Waals surface area contributed by atoms with Crippen LogP contribution in [0, 0.1) is 0 Å². The highest BCUT2D eigenvalue weighted by Crippen LogP contribution is 2.08. The zero-order valence-electron chi connectivity index (χ0n) is 12.8.